The van der Waals surface area contributed by atoms with Crippen LogP contribution in [-0.4, -0.2) is 37.5 Å². The largest absolute Gasteiger partial charge is 0.339 e. The van der Waals surface area contributed by atoms with Crippen LogP contribution in [0.15, 0.2) is 41.2 Å². The van der Waals surface area contributed by atoms with Crippen LogP contribution in [0.25, 0.3) is 17.3 Å². The zero-order valence-electron chi connectivity index (χ0n) is 12.0. The number of nitrogens with zero attached hydrogens (tertiary/aromatic N) is 5. The quantitative estimate of drug-likeness (QED) is 0.744. The maximum atomic E-state index is 5.29. The molecule has 0 atom stereocenters. The predicted molar refractivity (Wildman–Crippen MR) is 79.4 cm³/mol. The summed E-state index contributed by atoms with van der Waals surface area (Å²) < 4.78 is 6.99. The van der Waals surface area contributed by atoms with Gasteiger partial charge in [0.25, 0.3) is 0 Å². The lowest BCUT2D eigenvalue weighted by molar-refractivity contribution is 0.376. The highest BCUT2D eigenvalue weighted by Crippen LogP contribution is 2.19. The van der Waals surface area contributed by atoms with Crippen LogP contribution >= 0.6 is 0 Å². The zero-order chi connectivity index (χ0) is 14.8. The van der Waals surface area contributed by atoms with E-state index < -0.39 is 0 Å². The molecular weight excluding hydrogens is 280 g/mol. The van der Waals surface area contributed by atoms with Crippen molar-refractivity contribution >= 4 is 0 Å². The third-order valence-electron chi connectivity index (χ3n) is 3.52. The van der Waals surface area contributed by atoms with E-state index in [9.17, 15) is 0 Å². The summed E-state index contributed by atoms with van der Waals surface area (Å²) in [7, 11) is 0. The molecule has 4 rings (SSSR count). The van der Waals surface area contributed by atoms with Crippen molar-refractivity contribution in [3.63, 3.8) is 0 Å². The minimum atomic E-state index is 0.510. The van der Waals surface area contributed by atoms with E-state index in [4.69, 9.17) is 4.52 Å². The van der Waals surface area contributed by atoms with Gasteiger partial charge >= 0.3 is 0 Å². The standard InChI is InChI=1S/C15H16N6O/c1-3-12(18-13(4-1)21-10-2-8-17-21)15-19-14(22-20-15)7-9-16-11-5-6-11/h1-4,8,10-11,16H,5-7,9H2. The second-order valence-corrected chi connectivity index (χ2v) is 5.32. The Bertz CT molecular complexity index is 747. The van der Waals surface area contributed by atoms with E-state index in [1.54, 1.807) is 10.9 Å². The van der Waals surface area contributed by atoms with Crippen LogP contribution in [0.2, 0.25) is 0 Å². The van der Waals surface area contributed by atoms with Gasteiger partial charge in [0.05, 0.1) is 0 Å². The molecule has 3 aromatic rings. The van der Waals surface area contributed by atoms with E-state index in [0.717, 1.165) is 18.8 Å². The van der Waals surface area contributed by atoms with Gasteiger partial charge in [0.15, 0.2) is 5.82 Å². The Hall–Kier alpha value is -2.54. The van der Waals surface area contributed by atoms with Gasteiger partial charge in [-0.1, -0.05) is 11.2 Å². The van der Waals surface area contributed by atoms with E-state index >= 15 is 0 Å². The van der Waals surface area contributed by atoms with Gasteiger partial charge in [-0.25, -0.2) is 9.67 Å². The fraction of sp³-hybridized carbons (Fsp3) is 0.333. The average Bonchev–Trinajstić information content (AvgIpc) is 3.05. The van der Waals surface area contributed by atoms with Crippen molar-refractivity contribution in [3.05, 3.63) is 42.5 Å². The SMILES string of the molecule is c1cc(-c2noc(CCNC3CC3)n2)nc(-n2cccn2)c1. The average molecular weight is 296 g/mol. The Morgan fingerprint density at radius 3 is 3.00 bits per heavy atom. The monoisotopic (exact) mass is 296 g/mol. The molecule has 0 aliphatic heterocycles. The van der Waals surface area contributed by atoms with E-state index in [-0.39, 0.29) is 0 Å². The van der Waals surface area contributed by atoms with Crippen LogP contribution < -0.4 is 5.32 Å². The highest BCUT2D eigenvalue weighted by molar-refractivity contribution is 5.49. The lowest BCUT2D eigenvalue weighted by atomic mass is 10.3. The Kier molecular flexibility index (Phi) is 3.40. The highest BCUT2D eigenvalue weighted by atomic mass is 16.5. The summed E-state index contributed by atoms with van der Waals surface area (Å²) in [6.45, 7) is 0.868. The minimum Gasteiger partial charge on any atom is -0.339 e. The smallest absolute Gasteiger partial charge is 0.228 e. The molecule has 3 heterocycles. The van der Waals surface area contributed by atoms with Crippen molar-refractivity contribution in [1.29, 1.82) is 0 Å². The molecule has 0 amide bonds. The number of nitrogens with one attached hydrogen (secondary N) is 1. The maximum Gasteiger partial charge on any atom is 0.228 e. The summed E-state index contributed by atoms with van der Waals surface area (Å²) >= 11 is 0. The minimum absolute atomic E-state index is 0.510. The van der Waals surface area contributed by atoms with E-state index in [1.165, 1.54) is 12.8 Å². The molecule has 0 spiro atoms. The molecule has 7 nitrogen and oxygen atoms in total. The molecule has 3 aromatic heterocycles. The first kappa shape index (κ1) is 13.1. The molecule has 0 bridgehead atoms. The second kappa shape index (κ2) is 5.69. The van der Waals surface area contributed by atoms with Gasteiger partial charge in [-0.2, -0.15) is 10.1 Å². The summed E-state index contributed by atoms with van der Waals surface area (Å²) in [6.07, 6.45) is 6.85. The Morgan fingerprint density at radius 2 is 2.18 bits per heavy atom. The van der Waals surface area contributed by atoms with Gasteiger partial charge in [0.1, 0.15) is 5.69 Å². The molecule has 7 heteroatoms. The first-order chi connectivity index (χ1) is 10.9. The summed E-state index contributed by atoms with van der Waals surface area (Å²) in [5.74, 6) is 1.87. The topological polar surface area (TPSA) is 81.7 Å². The summed E-state index contributed by atoms with van der Waals surface area (Å²) in [6, 6.07) is 8.20. The lowest BCUT2D eigenvalue weighted by Crippen LogP contribution is -2.19. The Balaban J connectivity index is 1.49. The highest BCUT2D eigenvalue weighted by Gasteiger charge is 2.20. The van der Waals surface area contributed by atoms with E-state index in [2.05, 4.69) is 25.5 Å². The van der Waals surface area contributed by atoms with Crippen LogP contribution in [0.1, 0.15) is 18.7 Å². The zero-order valence-corrected chi connectivity index (χ0v) is 12.0. The van der Waals surface area contributed by atoms with Gasteiger partial charge in [-0.05, 0) is 31.0 Å². The van der Waals surface area contributed by atoms with Crippen molar-refractivity contribution in [3.8, 4) is 17.3 Å². The number of hydrogen-bond donors (Lipinski definition) is 1. The Morgan fingerprint density at radius 1 is 1.23 bits per heavy atom. The summed E-state index contributed by atoms with van der Waals surface area (Å²) in [5.41, 5.74) is 0.679. The van der Waals surface area contributed by atoms with Crippen LogP contribution in [0, 0.1) is 0 Å². The van der Waals surface area contributed by atoms with Crippen LogP contribution in [0.3, 0.4) is 0 Å². The molecule has 112 valence electrons. The summed E-state index contributed by atoms with van der Waals surface area (Å²) in [4.78, 5) is 8.93. The van der Waals surface area contributed by atoms with Crippen molar-refractivity contribution < 1.29 is 4.52 Å². The lowest BCUT2D eigenvalue weighted by Gasteiger charge is -2.01. The first-order valence-electron chi connectivity index (χ1n) is 7.42. The number of hydrogen-bond acceptors (Lipinski definition) is 6. The van der Waals surface area contributed by atoms with Crippen molar-refractivity contribution in [2.75, 3.05) is 6.54 Å². The molecule has 1 aliphatic carbocycles. The predicted octanol–water partition coefficient (Wildman–Crippen LogP) is 1.61. The van der Waals surface area contributed by atoms with Crippen molar-refractivity contribution in [2.24, 2.45) is 0 Å². The third kappa shape index (κ3) is 2.89. The maximum absolute atomic E-state index is 5.29. The van der Waals surface area contributed by atoms with Crippen molar-refractivity contribution in [2.45, 2.75) is 25.3 Å². The fourth-order valence-corrected chi connectivity index (χ4v) is 2.21. The molecule has 0 aromatic carbocycles. The van der Waals surface area contributed by atoms with Crippen LogP contribution in [-0.2, 0) is 6.42 Å². The van der Waals surface area contributed by atoms with Crippen LogP contribution in [0.4, 0.5) is 0 Å². The van der Waals surface area contributed by atoms with Crippen molar-refractivity contribution in [1.82, 2.24) is 30.2 Å². The fourth-order valence-electron chi connectivity index (χ4n) is 2.21. The molecule has 1 saturated carbocycles. The molecular formula is C15H16N6O. The normalized spacial score (nSPS) is 14.4. The molecule has 0 saturated heterocycles. The first-order valence-corrected chi connectivity index (χ1v) is 7.42. The third-order valence-corrected chi connectivity index (χ3v) is 3.52. The molecule has 0 radical (unpaired) electrons. The number of pyridine rings is 1. The van der Waals surface area contributed by atoms with Gasteiger partial charge in [-0.3, -0.25) is 0 Å². The van der Waals surface area contributed by atoms with E-state index in [0.29, 0.717) is 23.5 Å². The van der Waals surface area contributed by atoms with E-state index in [1.807, 2.05) is 30.5 Å². The summed E-state index contributed by atoms with van der Waals surface area (Å²) in [5, 5.41) is 11.6. The molecule has 1 fully saturated rings. The molecule has 1 N–H and O–H groups in total. The number of aromatic nitrogens is 5. The van der Waals surface area contributed by atoms with Gasteiger partial charge < -0.3 is 9.84 Å². The van der Waals surface area contributed by atoms with Gasteiger partial charge in [-0.15, -0.1) is 0 Å². The molecule has 22 heavy (non-hydrogen) atoms. The van der Waals surface area contributed by atoms with Gasteiger partial charge in [0, 0.05) is 31.4 Å². The van der Waals surface area contributed by atoms with Crippen LogP contribution in [0.5, 0.6) is 0 Å². The second-order valence-electron chi connectivity index (χ2n) is 5.32. The molecule has 1 aliphatic rings. The van der Waals surface area contributed by atoms with Gasteiger partial charge in [0.2, 0.25) is 11.7 Å². The number of rotatable bonds is 6. The Labute approximate surface area is 127 Å². The molecule has 0 unspecified atom stereocenters.